The van der Waals surface area contributed by atoms with Crippen molar-refractivity contribution in [2.75, 3.05) is 14.1 Å². The van der Waals surface area contributed by atoms with Gasteiger partial charge in [-0.15, -0.1) is 0 Å². The molecule has 1 aromatic heterocycles. The molecule has 0 fully saturated rings. The van der Waals surface area contributed by atoms with E-state index in [-0.39, 0.29) is 6.07 Å². The van der Waals surface area contributed by atoms with Gasteiger partial charge in [0.1, 0.15) is 0 Å². The fourth-order valence-electron chi connectivity index (χ4n) is 2.31. The smallest absolute Gasteiger partial charge is 0.194 e. The SMILES string of the molecule is CN=C(NCc1c(F)c(F)cc(F)c1F)N(C)Cc1cccn1C. The lowest BCUT2D eigenvalue weighted by Gasteiger charge is -2.22. The molecule has 0 aliphatic carbocycles. The van der Waals surface area contributed by atoms with Crippen LogP contribution < -0.4 is 5.32 Å². The highest BCUT2D eigenvalue weighted by molar-refractivity contribution is 5.79. The van der Waals surface area contributed by atoms with Crippen LogP contribution in [-0.2, 0) is 20.1 Å². The van der Waals surface area contributed by atoms with Gasteiger partial charge in [0, 0.05) is 51.2 Å². The van der Waals surface area contributed by atoms with Gasteiger partial charge in [-0.2, -0.15) is 0 Å². The highest BCUT2D eigenvalue weighted by Crippen LogP contribution is 2.19. The number of nitrogens with one attached hydrogen (secondary N) is 1. The Hall–Kier alpha value is -2.51. The fourth-order valence-corrected chi connectivity index (χ4v) is 2.31. The molecule has 1 N–H and O–H groups in total. The summed E-state index contributed by atoms with van der Waals surface area (Å²) < 4.78 is 55.7. The Morgan fingerprint density at radius 2 is 1.83 bits per heavy atom. The van der Waals surface area contributed by atoms with Crippen LogP contribution in [0.5, 0.6) is 0 Å². The largest absolute Gasteiger partial charge is 0.353 e. The molecule has 2 aromatic rings. The molecule has 1 aromatic carbocycles. The Kier molecular flexibility index (Phi) is 5.48. The molecule has 0 bridgehead atoms. The van der Waals surface area contributed by atoms with E-state index in [1.807, 2.05) is 29.9 Å². The summed E-state index contributed by atoms with van der Waals surface area (Å²) in [4.78, 5) is 5.73. The minimum Gasteiger partial charge on any atom is -0.353 e. The van der Waals surface area contributed by atoms with Crippen molar-refractivity contribution in [1.29, 1.82) is 0 Å². The van der Waals surface area contributed by atoms with E-state index in [0.717, 1.165) is 5.69 Å². The molecule has 8 heteroatoms. The standard InChI is InChI=1S/C16H18F4N4/c1-21-16(24(3)9-10-5-4-6-23(10)2)22-8-11-14(19)12(17)7-13(18)15(11)20/h4-7H,8-9H2,1-3H3,(H,21,22). The summed E-state index contributed by atoms with van der Waals surface area (Å²) in [7, 11) is 5.13. The number of aliphatic imine (C=N–C) groups is 1. The van der Waals surface area contributed by atoms with Gasteiger partial charge in [-0.1, -0.05) is 0 Å². The summed E-state index contributed by atoms with van der Waals surface area (Å²) in [6.07, 6.45) is 1.89. The predicted octanol–water partition coefficient (Wildman–Crippen LogP) is 2.79. The molecule has 0 atom stereocenters. The van der Waals surface area contributed by atoms with Crippen molar-refractivity contribution in [3.8, 4) is 0 Å². The van der Waals surface area contributed by atoms with Gasteiger partial charge in [-0.25, -0.2) is 17.6 Å². The quantitative estimate of drug-likeness (QED) is 0.401. The van der Waals surface area contributed by atoms with Gasteiger partial charge in [0.05, 0.1) is 6.54 Å². The number of guanidine groups is 1. The third kappa shape index (κ3) is 3.69. The van der Waals surface area contributed by atoms with Gasteiger partial charge in [-0.3, -0.25) is 4.99 Å². The molecule has 0 saturated carbocycles. The van der Waals surface area contributed by atoms with E-state index in [9.17, 15) is 17.6 Å². The minimum atomic E-state index is -1.43. The Balaban J connectivity index is 2.11. The van der Waals surface area contributed by atoms with E-state index in [1.54, 1.807) is 11.9 Å². The molecule has 24 heavy (non-hydrogen) atoms. The van der Waals surface area contributed by atoms with Gasteiger partial charge in [0.15, 0.2) is 29.2 Å². The van der Waals surface area contributed by atoms with Crippen LogP contribution in [0.15, 0.2) is 29.4 Å². The lowest BCUT2D eigenvalue weighted by Crippen LogP contribution is -2.38. The van der Waals surface area contributed by atoms with Crippen molar-refractivity contribution in [2.45, 2.75) is 13.1 Å². The van der Waals surface area contributed by atoms with Gasteiger partial charge in [-0.05, 0) is 12.1 Å². The van der Waals surface area contributed by atoms with Gasteiger partial charge >= 0.3 is 0 Å². The summed E-state index contributed by atoms with van der Waals surface area (Å²) >= 11 is 0. The lowest BCUT2D eigenvalue weighted by molar-refractivity contribution is 0.430. The number of benzene rings is 1. The second-order valence-electron chi connectivity index (χ2n) is 5.31. The monoisotopic (exact) mass is 342 g/mol. The van der Waals surface area contributed by atoms with Crippen LogP contribution in [0.25, 0.3) is 0 Å². The molecule has 0 aliphatic heterocycles. The van der Waals surface area contributed by atoms with Crippen molar-refractivity contribution < 1.29 is 17.6 Å². The number of halogens is 4. The molecule has 1 heterocycles. The summed E-state index contributed by atoms with van der Waals surface area (Å²) in [5, 5.41) is 2.71. The van der Waals surface area contributed by atoms with E-state index in [2.05, 4.69) is 10.3 Å². The average molecular weight is 342 g/mol. The normalized spacial score (nSPS) is 11.7. The predicted molar refractivity (Wildman–Crippen MR) is 83.4 cm³/mol. The summed E-state index contributed by atoms with van der Waals surface area (Å²) in [5.41, 5.74) is 0.288. The van der Waals surface area contributed by atoms with Crippen LogP contribution in [-0.4, -0.2) is 29.5 Å². The first-order chi connectivity index (χ1) is 11.3. The van der Waals surface area contributed by atoms with E-state index in [1.165, 1.54) is 7.05 Å². The lowest BCUT2D eigenvalue weighted by atomic mass is 10.2. The van der Waals surface area contributed by atoms with Crippen LogP contribution in [0.3, 0.4) is 0 Å². The molecule has 0 unspecified atom stereocenters. The van der Waals surface area contributed by atoms with Crippen LogP contribution in [0.4, 0.5) is 17.6 Å². The topological polar surface area (TPSA) is 32.6 Å². The van der Waals surface area contributed by atoms with Crippen LogP contribution >= 0.6 is 0 Å². The molecule has 0 saturated heterocycles. The molecule has 0 spiro atoms. The van der Waals surface area contributed by atoms with E-state index >= 15 is 0 Å². The van der Waals surface area contributed by atoms with Crippen molar-refractivity contribution in [2.24, 2.45) is 12.0 Å². The summed E-state index contributed by atoms with van der Waals surface area (Å²) in [6, 6.07) is 4.00. The fraction of sp³-hybridized carbons (Fsp3) is 0.312. The van der Waals surface area contributed by atoms with Gasteiger partial charge < -0.3 is 14.8 Å². The first kappa shape index (κ1) is 17.8. The number of nitrogens with zero attached hydrogens (tertiary/aromatic N) is 3. The molecule has 130 valence electrons. The number of aromatic nitrogens is 1. The van der Waals surface area contributed by atoms with E-state index < -0.39 is 35.4 Å². The number of hydrogen-bond donors (Lipinski definition) is 1. The Bertz CT molecular complexity index is 729. The Morgan fingerprint density at radius 1 is 1.21 bits per heavy atom. The number of hydrogen-bond acceptors (Lipinski definition) is 1. The highest BCUT2D eigenvalue weighted by atomic mass is 19.2. The minimum absolute atomic E-state index is 0.185. The van der Waals surface area contributed by atoms with Gasteiger partial charge in [0.25, 0.3) is 0 Å². The molecule has 0 radical (unpaired) electrons. The zero-order chi connectivity index (χ0) is 17.9. The molecule has 2 rings (SSSR count). The Morgan fingerprint density at radius 3 is 2.33 bits per heavy atom. The third-order valence-electron chi connectivity index (χ3n) is 3.65. The highest BCUT2D eigenvalue weighted by Gasteiger charge is 2.19. The maximum absolute atomic E-state index is 13.7. The number of rotatable bonds is 4. The van der Waals surface area contributed by atoms with Crippen LogP contribution in [0.1, 0.15) is 11.3 Å². The molecular weight excluding hydrogens is 324 g/mol. The molecule has 4 nitrogen and oxygen atoms in total. The second-order valence-corrected chi connectivity index (χ2v) is 5.31. The first-order valence-electron chi connectivity index (χ1n) is 7.19. The van der Waals surface area contributed by atoms with Crippen molar-refractivity contribution in [3.63, 3.8) is 0 Å². The van der Waals surface area contributed by atoms with Crippen LogP contribution in [0, 0.1) is 23.3 Å². The second kappa shape index (κ2) is 7.37. The molecule has 0 aliphatic rings. The molecule has 0 amide bonds. The zero-order valence-electron chi connectivity index (χ0n) is 13.6. The Labute approximate surface area is 137 Å². The summed E-state index contributed by atoms with van der Waals surface area (Å²) in [5.74, 6) is -5.36. The maximum Gasteiger partial charge on any atom is 0.194 e. The first-order valence-corrected chi connectivity index (χ1v) is 7.19. The van der Waals surface area contributed by atoms with Crippen LogP contribution in [0.2, 0.25) is 0 Å². The van der Waals surface area contributed by atoms with E-state index in [0.29, 0.717) is 12.5 Å². The average Bonchev–Trinajstić information content (AvgIpc) is 2.94. The van der Waals surface area contributed by atoms with E-state index in [4.69, 9.17) is 0 Å². The van der Waals surface area contributed by atoms with Crippen molar-refractivity contribution in [3.05, 3.63) is 58.9 Å². The third-order valence-corrected chi connectivity index (χ3v) is 3.65. The zero-order valence-corrected chi connectivity index (χ0v) is 13.6. The van der Waals surface area contributed by atoms with Gasteiger partial charge in [0.2, 0.25) is 0 Å². The maximum atomic E-state index is 13.7. The van der Waals surface area contributed by atoms with Crippen molar-refractivity contribution in [1.82, 2.24) is 14.8 Å². The number of aryl methyl sites for hydroxylation is 1. The van der Waals surface area contributed by atoms with Crippen molar-refractivity contribution >= 4 is 5.96 Å². The molecular formula is C16H18F4N4. The summed E-state index contributed by atoms with van der Waals surface area (Å²) in [6.45, 7) is 0.0577.